The molecule has 0 atom stereocenters. The van der Waals surface area contributed by atoms with Crippen LogP contribution in [0.15, 0.2) is 159 Å². The maximum Gasteiger partial charge on any atom is 0.227 e. The van der Waals surface area contributed by atoms with E-state index in [0.717, 1.165) is 73.8 Å². The summed E-state index contributed by atoms with van der Waals surface area (Å²) in [5.41, 5.74) is 12.7. The summed E-state index contributed by atoms with van der Waals surface area (Å²) in [5, 5.41) is 0. The van der Waals surface area contributed by atoms with Crippen molar-refractivity contribution in [2.75, 3.05) is 4.90 Å². The third kappa shape index (κ3) is 4.64. The van der Waals surface area contributed by atoms with Gasteiger partial charge in [-0.15, -0.1) is 0 Å². The molecule has 6 aromatic carbocycles. The Morgan fingerprint density at radius 2 is 0.913 bits per heavy atom. The van der Waals surface area contributed by atoms with Gasteiger partial charge in [0.15, 0.2) is 11.2 Å². The van der Waals surface area contributed by atoms with Crippen LogP contribution in [0.4, 0.5) is 22.7 Å². The number of oxazole rings is 2. The molecule has 0 spiro atoms. The highest BCUT2D eigenvalue weighted by Crippen LogP contribution is 2.38. The molecule has 218 valence electrons. The van der Waals surface area contributed by atoms with E-state index in [9.17, 15) is 0 Å². The first kappa shape index (κ1) is 26.2. The van der Waals surface area contributed by atoms with Crippen molar-refractivity contribution in [3.05, 3.63) is 157 Å². The van der Waals surface area contributed by atoms with Crippen LogP contribution in [-0.2, 0) is 6.42 Å². The van der Waals surface area contributed by atoms with Crippen molar-refractivity contribution in [3.63, 3.8) is 0 Å². The maximum absolute atomic E-state index is 6.04. The number of aliphatic imine (C=N–C) groups is 1. The lowest BCUT2D eigenvalue weighted by Crippen LogP contribution is -2.10. The van der Waals surface area contributed by atoms with E-state index in [1.165, 1.54) is 5.56 Å². The van der Waals surface area contributed by atoms with E-state index < -0.39 is 0 Å². The van der Waals surface area contributed by atoms with Crippen molar-refractivity contribution in [2.24, 2.45) is 4.99 Å². The Kier molecular flexibility index (Phi) is 6.09. The quantitative estimate of drug-likeness (QED) is 0.192. The van der Waals surface area contributed by atoms with E-state index in [4.69, 9.17) is 13.8 Å². The van der Waals surface area contributed by atoms with Crippen molar-refractivity contribution in [1.82, 2.24) is 9.97 Å². The molecule has 0 N–H and O–H groups in total. The van der Waals surface area contributed by atoms with Crippen molar-refractivity contribution >= 4 is 50.7 Å². The van der Waals surface area contributed by atoms with Gasteiger partial charge in [0.05, 0.1) is 11.4 Å². The molecule has 3 heterocycles. The molecular weight excluding hydrogens is 568 g/mol. The summed E-state index contributed by atoms with van der Waals surface area (Å²) < 4.78 is 12.1. The number of fused-ring (bicyclic) bond motifs is 3. The Bertz CT molecular complexity index is 2200. The maximum atomic E-state index is 6.04. The Morgan fingerprint density at radius 1 is 0.457 bits per heavy atom. The van der Waals surface area contributed by atoms with Gasteiger partial charge >= 0.3 is 0 Å². The minimum absolute atomic E-state index is 0.602. The third-order valence-corrected chi connectivity index (χ3v) is 8.40. The molecule has 6 heteroatoms. The summed E-state index contributed by atoms with van der Waals surface area (Å²) in [5.74, 6) is 1.20. The van der Waals surface area contributed by atoms with Gasteiger partial charge in [0, 0.05) is 34.6 Å². The topological polar surface area (TPSA) is 67.7 Å². The van der Waals surface area contributed by atoms with Gasteiger partial charge in [-0.1, -0.05) is 54.6 Å². The molecule has 9 rings (SSSR count). The Hall–Kier alpha value is -6.27. The monoisotopic (exact) mass is 594 g/mol. The molecule has 0 unspecified atom stereocenters. The Balaban J connectivity index is 1.07. The van der Waals surface area contributed by atoms with Crippen LogP contribution < -0.4 is 4.90 Å². The van der Waals surface area contributed by atoms with Crippen molar-refractivity contribution in [3.8, 4) is 22.9 Å². The van der Waals surface area contributed by atoms with Crippen LogP contribution in [0.5, 0.6) is 0 Å². The van der Waals surface area contributed by atoms with E-state index in [-0.39, 0.29) is 0 Å². The Labute approximate surface area is 264 Å². The molecule has 0 amide bonds. The van der Waals surface area contributed by atoms with Crippen LogP contribution in [0.25, 0.3) is 45.1 Å². The zero-order chi connectivity index (χ0) is 30.5. The lowest BCUT2D eigenvalue weighted by atomic mass is 10.0. The average Bonchev–Trinajstić information content (AvgIpc) is 3.86. The smallest absolute Gasteiger partial charge is 0.227 e. The minimum atomic E-state index is 0.602. The molecule has 2 aromatic heterocycles. The molecule has 1 aliphatic rings. The van der Waals surface area contributed by atoms with Gasteiger partial charge in [-0.05, 0) is 102 Å². The second-order valence-corrected chi connectivity index (χ2v) is 11.3. The lowest BCUT2D eigenvalue weighted by Gasteiger charge is -2.26. The summed E-state index contributed by atoms with van der Waals surface area (Å²) in [6.07, 6.45) is 0.841. The molecule has 0 saturated carbocycles. The van der Waals surface area contributed by atoms with Gasteiger partial charge < -0.3 is 13.7 Å². The SMILES string of the molecule is c1ccc2c(c1)CC(c1ccc(N(c3ccc(-c4nc5ccccc5o4)cc3)c3ccc(-c4nc5ccccc5o4)cc3)cc1)=N2. The number of nitrogens with zero attached hydrogens (tertiary/aromatic N) is 4. The van der Waals surface area contributed by atoms with Crippen LogP contribution in [0.1, 0.15) is 11.1 Å². The Morgan fingerprint density at radius 3 is 1.41 bits per heavy atom. The second-order valence-electron chi connectivity index (χ2n) is 11.3. The molecule has 0 bridgehead atoms. The number of anilines is 3. The lowest BCUT2D eigenvalue weighted by molar-refractivity contribution is 0.619. The number of hydrogen-bond acceptors (Lipinski definition) is 6. The average molecular weight is 595 g/mol. The van der Waals surface area contributed by atoms with Gasteiger partial charge in [0.1, 0.15) is 11.0 Å². The summed E-state index contributed by atoms with van der Waals surface area (Å²) in [6.45, 7) is 0. The van der Waals surface area contributed by atoms with Gasteiger partial charge in [-0.3, -0.25) is 4.99 Å². The fourth-order valence-corrected chi connectivity index (χ4v) is 6.05. The zero-order valence-electron chi connectivity index (χ0n) is 24.7. The van der Waals surface area contributed by atoms with Gasteiger partial charge in [-0.25, -0.2) is 9.97 Å². The van der Waals surface area contributed by atoms with Crippen LogP contribution >= 0.6 is 0 Å². The first-order chi connectivity index (χ1) is 22.7. The van der Waals surface area contributed by atoms with E-state index in [0.29, 0.717) is 11.8 Å². The largest absolute Gasteiger partial charge is 0.436 e. The van der Waals surface area contributed by atoms with Crippen LogP contribution in [0.3, 0.4) is 0 Å². The van der Waals surface area contributed by atoms with Gasteiger partial charge in [0.25, 0.3) is 0 Å². The van der Waals surface area contributed by atoms with E-state index in [1.54, 1.807) is 0 Å². The number of aromatic nitrogens is 2. The molecule has 0 radical (unpaired) electrons. The molecule has 6 nitrogen and oxygen atoms in total. The summed E-state index contributed by atoms with van der Waals surface area (Å²) in [6, 6.07) is 49.2. The zero-order valence-corrected chi connectivity index (χ0v) is 24.7. The van der Waals surface area contributed by atoms with E-state index in [1.807, 2.05) is 54.6 Å². The molecule has 0 aliphatic carbocycles. The third-order valence-electron chi connectivity index (χ3n) is 8.40. The molecule has 0 saturated heterocycles. The van der Waals surface area contributed by atoms with E-state index >= 15 is 0 Å². The summed E-state index contributed by atoms with van der Waals surface area (Å²) in [4.78, 5) is 16.5. The van der Waals surface area contributed by atoms with Crippen molar-refractivity contribution in [1.29, 1.82) is 0 Å². The predicted molar refractivity (Wildman–Crippen MR) is 183 cm³/mol. The van der Waals surface area contributed by atoms with Gasteiger partial charge in [0.2, 0.25) is 11.8 Å². The highest BCUT2D eigenvalue weighted by Gasteiger charge is 2.18. The standard InChI is InChI=1S/C40H26N4O2/c1-2-8-33-29(7-1)25-36(41-33)26-13-19-30(20-14-26)44(31-21-15-27(16-22-31)39-42-34-9-3-5-11-37(34)45-39)32-23-17-28(18-24-32)40-43-35-10-4-6-12-38(35)46-40/h1-24H,25H2. The fraction of sp³-hybridized carbons (Fsp3) is 0.0250. The molecule has 1 aliphatic heterocycles. The summed E-state index contributed by atoms with van der Waals surface area (Å²) in [7, 11) is 0. The normalized spacial score (nSPS) is 12.4. The summed E-state index contributed by atoms with van der Waals surface area (Å²) >= 11 is 0. The number of para-hydroxylation sites is 5. The second kappa shape index (κ2) is 10.7. The molecule has 46 heavy (non-hydrogen) atoms. The van der Waals surface area contributed by atoms with Crippen LogP contribution in [0.2, 0.25) is 0 Å². The van der Waals surface area contributed by atoms with Crippen LogP contribution in [0, 0.1) is 0 Å². The van der Waals surface area contributed by atoms with Crippen molar-refractivity contribution < 1.29 is 8.83 Å². The van der Waals surface area contributed by atoms with Crippen LogP contribution in [-0.4, -0.2) is 15.7 Å². The highest BCUT2D eigenvalue weighted by molar-refractivity contribution is 6.06. The molecule has 8 aromatic rings. The first-order valence-electron chi connectivity index (χ1n) is 15.2. The molecular formula is C40H26N4O2. The number of rotatable bonds is 6. The predicted octanol–water partition coefficient (Wildman–Crippen LogP) is 10.4. The highest BCUT2D eigenvalue weighted by atomic mass is 16.4. The van der Waals surface area contributed by atoms with Gasteiger partial charge in [-0.2, -0.15) is 0 Å². The number of benzene rings is 6. The fourth-order valence-electron chi connectivity index (χ4n) is 6.05. The number of hydrogen-bond donors (Lipinski definition) is 0. The minimum Gasteiger partial charge on any atom is -0.436 e. The van der Waals surface area contributed by atoms with E-state index in [2.05, 4.69) is 106 Å². The van der Waals surface area contributed by atoms with Crippen molar-refractivity contribution in [2.45, 2.75) is 6.42 Å². The first-order valence-corrected chi connectivity index (χ1v) is 15.2. The molecule has 0 fully saturated rings.